The van der Waals surface area contributed by atoms with Gasteiger partial charge in [0.2, 0.25) is 5.91 Å². The van der Waals surface area contributed by atoms with Crippen molar-refractivity contribution in [1.29, 1.82) is 0 Å². The van der Waals surface area contributed by atoms with Gasteiger partial charge < -0.3 is 10.1 Å². The zero-order chi connectivity index (χ0) is 21.6. The molecule has 166 valence electrons. The molecule has 2 heterocycles. The summed E-state index contributed by atoms with van der Waals surface area (Å²) in [6.07, 6.45) is 7.14. The van der Waals surface area contributed by atoms with E-state index >= 15 is 0 Å². The molecule has 2 aromatic rings. The van der Waals surface area contributed by atoms with Crippen molar-refractivity contribution in [2.45, 2.75) is 68.8 Å². The summed E-state index contributed by atoms with van der Waals surface area (Å²) in [7, 11) is 0. The monoisotopic (exact) mass is 444 g/mol. The number of urea groups is 1. The molecule has 3 amide bonds. The Kier molecular flexibility index (Phi) is 7.24. The first-order chi connectivity index (χ1) is 15.1. The Balaban J connectivity index is 1.43. The van der Waals surface area contributed by atoms with E-state index in [1.165, 1.54) is 6.42 Å². The van der Waals surface area contributed by atoms with E-state index in [1.807, 2.05) is 12.1 Å². The first-order valence-electron chi connectivity index (χ1n) is 10.9. The summed E-state index contributed by atoms with van der Waals surface area (Å²) >= 11 is 1.16. The summed E-state index contributed by atoms with van der Waals surface area (Å²) in [5.41, 5.74) is 0.452. The molecule has 1 saturated heterocycles. The maximum absolute atomic E-state index is 13.1. The predicted molar refractivity (Wildman–Crippen MR) is 119 cm³/mol. The maximum atomic E-state index is 13.1. The van der Waals surface area contributed by atoms with Crippen molar-refractivity contribution in [3.63, 3.8) is 0 Å². The number of carbonyl (C=O) groups is 2. The zero-order valence-corrected chi connectivity index (χ0v) is 18.3. The number of imide groups is 1. The van der Waals surface area contributed by atoms with E-state index in [1.54, 1.807) is 16.7 Å². The fourth-order valence-corrected chi connectivity index (χ4v) is 4.98. The Morgan fingerprint density at radius 1 is 1.13 bits per heavy atom. The van der Waals surface area contributed by atoms with Crippen LogP contribution in [0.4, 0.5) is 4.79 Å². The molecule has 1 aliphatic carbocycles. The van der Waals surface area contributed by atoms with Crippen molar-refractivity contribution in [3.05, 3.63) is 34.6 Å². The molecule has 9 heteroatoms. The van der Waals surface area contributed by atoms with Crippen molar-refractivity contribution in [2.24, 2.45) is 0 Å². The van der Waals surface area contributed by atoms with Crippen LogP contribution in [0.15, 0.2) is 34.2 Å². The Hall–Kier alpha value is -2.39. The number of benzene rings is 1. The lowest BCUT2D eigenvalue weighted by Crippen LogP contribution is -2.45. The number of thioether (sulfide) groups is 1. The van der Waals surface area contributed by atoms with Gasteiger partial charge in [0.25, 0.3) is 5.56 Å². The van der Waals surface area contributed by atoms with Gasteiger partial charge in [0.15, 0.2) is 5.16 Å². The molecule has 4 rings (SSSR count). The molecule has 2 fully saturated rings. The zero-order valence-electron chi connectivity index (χ0n) is 17.5. The van der Waals surface area contributed by atoms with E-state index in [2.05, 4.69) is 15.6 Å². The fraction of sp³-hybridized carbons (Fsp3) is 0.545. The van der Waals surface area contributed by atoms with Crippen LogP contribution in [0.25, 0.3) is 10.9 Å². The Bertz CT molecular complexity index is 997. The normalized spacial score (nSPS) is 19.4. The van der Waals surface area contributed by atoms with Crippen LogP contribution in [0.1, 0.15) is 44.9 Å². The lowest BCUT2D eigenvalue weighted by atomic mass is 9.96. The molecule has 0 radical (unpaired) electrons. The molecular formula is C22H28N4O4S. The highest BCUT2D eigenvalue weighted by Crippen LogP contribution is 2.21. The van der Waals surface area contributed by atoms with Crippen LogP contribution in [0.2, 0.25) is 0 Å². The van der Waals surface area contributed by atoms with Gasteiger partial charge in [-0.3, -0.25) is 19.5 Å². The van der Waals surface area contributed by atoms with Crippen LogP contribution in [-0.2, 0) is 16.1 Å². The number of nitrogens with zero attached hydrogens (tertiary/aromatic N) is 2. The van der Waals surface area contributed by atoms with E-state index < -0.39 is 11.9 Å². The van der Waals surface area contributed by atoms with Gasteiger partial charge in [0.1, 0.15) is 0 Å². The van der Waals surface area contributed by atoms with Crippen LogP contribution in [0.5, 0.6) is 0 Å². The van der Waals surface area contributed by atoms with Crippen LogP contribution in [0, 0.1) is 0 Å². The van der Waals surface area contributed by atoms with Gasteiger partial charge in [-0.2, -0.15) is 0 Å². The third-order valence-electron chi connectivity index (χ3n) is 5.76. The Morgan fingerprint density at radius 3 is 2.71 bits per heavy atom. The van der Waals surface area contributed by atoms with E-state index in [9.17, 15) is 14.4 Å². The molecule has 1 aromatic heterocycles. The topological polar surface area (TPSA) is 102 Å². The van der Waals surface area contributed by atoms with Gasteiger partial charge in [-0.1, -0.05) is 43.2 Å². The summed E-state index contributed by atoms with van der Waals surface area (Å²) in [6, 6.07) is 6.86. The van der Waals surface area contributed by atoms with E-state index in [-0.39, 0.29) is 23.5 Å². The number of hydrogen-bond donors (Lipinski definition) is 2. The molecule has 1 saturated carbocycles. The van der Waals surface area contributed by atoms with E-state index in [0.29, 0.717) is 29.2 Å². The third-order valence-corrected chi connectivity index (χ3v) is 6.74. The molecule has 1 aromatic carbocycles. The number of ether oxygens (including phenoxy) is 1. The number of aromatic nitrogens is 2. The number of carbonyl (C=O) groups excluding carboxylic acids is 2. The number of fused-ring (bicyclic) bond motifs is 1. The SMILES string of the molecule is O=C(CSc1nc2ccccc2c(=O)n1CC1CCCO1)NC(=O)NC1CCCCC1. The van der Waals surface area contributed by atoms with Gasteiger partial charge in [0.05, 0.1) is 29.3 Å². The lowest BCUT2D eigenvalue weighted by Gasteiger charge is -2.22. The summed E-state index contributed by atoms with van der Waals surface area (Å²) in [6.45, 7) is 1.10. The first-order valence-corrected chi connectivity index (χ1v) is 11.9. The lowest BCUT2D eigenvalue weighted by molar-refractivity contribution is -0.117. The van der Waals surface area contributed by atoms with Crippen molar-refractivity contribution in [2.75, 3.05) is 12.4 Å². The second-order valence-electron chi connectivity index (χ2n) is 8.11. The van der Waals surface area contributed by atoms with Gasteiger partial charge in [-0.05, 0) is 37.8 Å². The van der Waals surface area contributed by atoms with Crippen LogP contribution < -0.4 is 16.2 Å². The molecule has 0 spiro atoms. The molecule has 1 atom stereocenters. The largest absolute Gasteiger partial charge is 0.376 e. The molecular weight excluding hydrogens is 416 g/mol. The van der Waals surface area contributed by atoms with Gasteiger partial charge in [-0.15, -0.1) is 0 Å². The first kappa shape index (κ1) is 21.8. The summed E-state index contributed by atoms with van der Waals surface area (Å²) in [4.78, 5) is 42.1. The summed E-state index contributed by atoms with van der Waals surface area (Å²) in [5, 5.41) is 6.27. The van der Waals surface area contributed by atoms with Crippen molar-refractivity contribution >= 4 is 34.6 Å². The summed E-state index contributed by atoms with van der Waals surface area (Å²) < 4.78 is 7.30. The van der Waals surface area contributed by atoms with Gasteiger partial charge in [0, 0.05) is 12.6 Å². The Morgan fingerprint density at radius 2 is 1.94 bits per heavy atom. The van der Waals surface area contributed by atoms with Crippen LogP contribution >= 0.6 is 11.8 Å². The number of nitrogens with one attached hydrogen (secondary N) is 2. The van der Waals surface area contributed by atoms with Crippen molar-refractivity contribution < 1.29 is 14.3 Å². The van der Waals surface area contributed by atoms with Crippen molar-refractivity contribution in [1.82, 2.24) is 20.2 Å². The molecule has 31 heavy (non-hydrogen) atoms. The number of amides is 3. The molecule has 2 N–H and O–H groups in total. The highest BCUT2D eigenvalue weighted by atomic mass is 32.2. The molecule has 1 unspecified atom stereocenters. The number of hydrogen-bond acceptors (Lipinski definition) is 6. The van der Waals surface area contributed by atoms with E-state index in [0.717, 1.165) is 50.3 Å². The second-order valence-corrected chi connectivity index (χ2v) is 9.05. The standard InChI is InChI=1S/C22H28N4O4S/c27-19(25-21(29)23-15-7-2-1-3-8-15)14-31-22-24-18-11-5-4-10-17(18)20(28)26(22)13-16-9-6-12-30-16/h4-5,10-11,15-16H,1-3,6-9,12-14H2,(H2,23,25,27,29). The third kappa shape index (κ3) is 5.65. The molecule has 0 bridgehead atoms. The smallest absolute Gasteiger partial charge is 0.321 e. The quantitative estimate of drug-likeness (QED) is 0.525. The Labute approximate surface area is 185 Å². The molecule has 2 aliphatic rings. The molecule has 1 aliphatic heterocycles. The number of para-hydroxylation sites is 1. The van der Waals surface area contributed by atoms with Crippen molar-refractivity contribution in [3.8, 4) is 0 Å². The molecule has 8 nitrogen and oxygen atoms in total. The number of rotatable bonds is 6. The van der Waals surface area contributed by atoms with Gasteiger partial charge >= 0.3 is 6.03 Å². The average molecular weight is 445 g/mol. The second kappa shape index (κ2) is 10.3. The minimum absolute atomic E-state index is 0.00556. The summed E-state index contributed by atoms with van der Waals surface area (Å²) in [5.74, 6) is -0.418. The fourth-order valence-electron chi connectivity index (χ4n) is 4.17. The minimum atomic E-state index is -0.458. The van der Waals surface area contributed by atoms with E-state index in [4.69, 9.17) is 4.74 Å². The highest BCUT2D eigenvalue weighted by Gasteiger charge is 2.21. The van der Waals surface area contributed by atoms with Gasteiger partial charge in [-0.25, -0.2) is 9.78 Å². The predicted octanol–water partition coefficient (Wildman–Crippen LogP) is 2.83. The highest BCUT2D eigenvalue weighted by molar-refractivity contribution is 7.99. The van der Waals surface area contributed by atoms with Crippen LogP contribution in [-0.4, -0.2) is 46.0 Å². The average Bonchev–Trinajstić information content (AvgIpc) is 3.28. The maximum Gasteiger partial charge on any atom is 0.321 e. The van der Waals surface area contributed by atoms with Crippen LogP contribution in [0.3, 0.4) is 0 Å². The minimum Gasteiger partial charge on any atom is -0.376 e.